The van der Waals surface area contributed by atoms with E-state index in [-0.39, 0.29) is 29.4 Å². The minimum atomic E-state index is -0.182. The molecule has 208 valence electrons. The third kappa shape index (κ3) is 6.73. The summed E-state index contributed by atoms with van der Waals surface area (Å²) in [5, 5.41) is 25.1. The molecule has 9 nitrogen and oxygen atoms in total. The molecule has 1 aliphatic carbocycles. The Kier molecular flexibility index (Phi) is 8.30. The van der Waals surface area contributed by atoms with E-state index in [2.05, 4.69) is 21.7 Å². The summed E-state index contributed by atoms with van der Waals surface area (Å²) >= 11 is 0. The average molecular weight is 549 g/mol. The van der Waals surface area contributed by atoms with Gasteiger partial charge in [-0.25, -0.2) is 9.78 Å². The fourth-order valence-corrected chi connectivity index (χ4v) is 5.18. The summed E-state index contributed by atoms with van der Waals surface area (Å²) in [6, 6.07) is 23.7. The van der Waals surface area contributed by atoms with Crippen LogP contribution < -0.4 is 21.1 Å². The lowest BCUT2D eigenvalue weighted by molar-refractivity contribution is 0.240. The number of benzene rings is 2. The molecule has 1 fully saturated rings. The summed E-state index contributed by atoms with van der Waals surface area (Å²) in [5.41, 5.74) is 4.02. The van der Waals surface area contributed by atoms with E-state index in [4.69, 9.17) is 5.26 Å². The van der Waals surface area contributed by atoms with Crippen molar-refractivity contribution in [3.8, 4) is 22.9 Å². The highest BCUT2D eigenvalue weighted by molar-refractivity contribution is 5.93. The van der Waals surface area contributed by atoms with Crippen molar-refractivity contribution in [2.24, 2.45) is 7.05 Å². The van der Waals surface area contributed by atoms with Gasteiger partial charge in [-0.2, -0.15) is 5.26 Å². The van der Waals surface area contributed by atoms with Gasteiger partial charge in [0.1, 0.15) is 17.6 Å². The maximum absolute atomic E-state index is 13.6. The molecule has 4 aromatic rings. The molecule has 5 rings (SSSR count). The first-order chi connectivity index (χ1) is 19.9. The second kappa shape index (κ2) is 12.4. The predicted octanol–water partition coefficient (Wildman–Crippen LogP) is 5.16. The van der Waals surface area contributed by atoms with Crippen molar-refractivity contribution < 1.29 is 9.90 Å². The van der Waals surface area contributed by atoms with Crippen molar-refractivity contribution in [1.29, 1.82) is 5.26 Å². The summed E-state index contributed by atoms with van der Waals surface area (Å²) in [7, 11) is 1.73. The normalized spacial score (nSPS) is 16.4. The number of nitriles is 1. The Labute approximate surface area is 238 Å². The first-order valence-corrected chi connectivity index (χ1v) is 13.6. The Morgan fingerprint density at radius 1 is 1.00 bits per heavy atom. The molecule has 2 amide bonds. The van der Waals surface area contributed by atoms with Crippen LogP contribution in [-0.2, 0) is 13.6 Å². The zero-order valence-corrected chi connectivity index (χ0v) is 22.8. The van der Waals surface area contributed by atoms with Crippen LogP contribution in [0.4, 0.5) is 16.3 Å². The predicted molar refractivity (Wildman–Crippen MR) is 159 cm³/mol. The number of nitrogens with zero attached hydrogens (tertiary/aromatic N) is 4. The number of anilines is 2. The number of hydrogen-bond acceptors (Lipinski definition) is 6. The van der Waals surface area contributed by atoms with E-state index in [1.54, 1.807) is 66.5 Å². The van der Waals surface area contributed by atoms with Gasteiger partial charge in [0.25, 0.3) is 0 Å². The molecule has 1 aliphatic rings. The van der Waals surface area contributed by atoms with Crippen molar-refractivity contribution in [3.05, 3.63) is 107 Å². The van der Waals surface area contributed by atoms with Gasteiger partial charge < -0.3 is 20.3 Å². The summed E-state index contributed by atoms with van der Waals surface area (Å²) in [4.78, 5) is 31.6. The molecule has 0 bridgehead atoms. The molecule has 0 spiro atoms. The number of nitrogens with one attached hydrogen (secondary N) is 2. The number of hydrogen-bond donors (Lipinski definition) is 3. The minimum Gasteiger partial charge on any atom is -0.508 e. The Bertz CT molecular complexity index is 1580. The van der Waals surface area contributed by atoms with Gasteiger partial charge in [-0.05, 0) is 84.8 Å². The number of urea groups is 1. The van der Waals surface area contributed by atoms with Gasteiger partial charge in [0.15, 0.2) is 0 Å². The van der Waals surface area contributed by atoms with Gasteiger partial charge in [-0.3, -0.25) is 9.69 Å². The van der Waals surface area contributed by atoms with Crippen LogP contribution in [0.15, 0.2) is 90.0 Å². The molecule has 0 saturated heterocycles. The molecule has 0 atom stereocenters. The van der Waals surface area contributed by atoms with Crippen LogP contribution in [0, 0.1) is 11.3 Å². The third-order valence-corrected chi connectivity index (χ3v) is 7.47. The topological polar surface area (TPSA) is 123 Å². The van der Waals surface area contributed by atoms with Gasteiger partial charge in [0.05, 0.1) is 5.56 Å². The number of rotatable bonds is 7. The van der Waals surface area contributed by atoms with E-state index in [0.29, 0.717) is 12.1 Å². The van der Waals surface area contributed by atoms with Crippen molar-refractivity contribution in [2.45, 2.75) is 44.3 Å². The molecule has 41 heavy (non-hydrogen) atoms. The molecule has 0 radical (unpaired) electrons. The smallest absolute Gasteiger partial charge is 0.322 e. The molecule has 1 saturated carbocycles. The lowest BCUT2D eigenvalue weighted by Gasteiger charge is -2.37. The Hall–Kier alpha value is -5.10. The maximum Gasteiger partial charge on any atom is 0.322 e. The van der Waals surface area contributed by atoms with Crippen LogP contribution >= 0.6 is 0 Å². The zero-order chi connectivity index (χ0) is 28.8. The van der Waals surface area contributed by atoms with E-state index in [1.165, 1.54) is 0 Å². The highest BCUT2D eigenvalue weighted by Crippen LogP contribution is 2.31. The van der Waals surface area contributed by atoms with E-state index in [9.17, 15) is 14.7 Å². The Morgan fingerprint density at radius 3 is 2.34 bits per heavy atom. The number of carbonyl (C=O) groups is 1. The Morgan fingerprint density at radius 2 is 1.71 bits per heavy atom. The zero-order valence-electron chi connectivity index (χ0n) is 22.8. The monoisotopic (exact) mass is 548 g/mol. The second-order valence-corrected chi connectivity index (χ2v) is 10.3. The quantitative estimate of drug-likeness (QED) is 0.293. The molecule has 2 aromatic carbocycles. The van der Waals surface area contributed by atoms with Gasteiger partial charge in [0.2, 0.25) is 5.56 Å². The minimum absolute atomic E-state index is 0.00480. The fraction of sp³-hybridized carbons (Fsp3) is 0.250. The van der Waals surface area contributed by atoms with E-state index >= 15 is 0 Å². The van der Waals surface area contributed by atoms with Gasteiger partial charge in [-0.1, -0.05) is 24.3 Å². The van der Waals surface area contributed by atoms with Gasteiger partial charge in [-0.15, -0.1) is 0 Å². The van der Waals surface area contributed by atoms with Crippen LogP contribution in [0.3, 0.4) is 0 Å². The number of carbonyl (C=O) groups excluding carboxylic acids is 1. The summed E-state index contributed by atoms with van der Waals surface area (Å²) < 4.78 is 1.55. The first-order valence-electron chi connectivity index (χ1n) is 13.6. The number of phenolic OH excluding ortho intramolecular Hbond substituents is 1. The number of phenols is 1. The van der Waals surface area contributed by atoms with Crippen LogP contribution in [0.25, 0.3) is 11.1 Å². The van der Waals surface area contributed by atoms with E-state index in [0.717, 1.165) is 53.9 Å². The molecule has 2 heterocycles. The molecule has 2 aromatic heterocycles. The number of pyridine rings is 2. The molecule has 9 heteroatoms. The highest BCUT2D eigenvalue weighted by atomic mass is 16.3. The third-order valence-electron chi connectivity index (χ3n) is 7.47. The van der Waals surface area contributed by atoms with Crippen LogP contribution in [0.2, 0.25) is 0 Å². The van der Waals surface area contributed by atoms with Crippen molar-refractivity contribution in [3.63, 3.8) is 0 Å². The largest absolute Gasteiger partial charge is 0.508 e. The van der Waals surface area contributed by atoms with E-state index in [1.807, 2.05) is 35.2 Å². The number of aryl methyl sites for hydroxylation is 1. The maximum atomic E-state index is 13.6. The van der Waals surface area contributed by atoms with E-state index < -0.39 is 0 Å². The highest BCUT2D eigenvalue weighted by Gasteiger charge is 2.30. The number of amides is 2. The first kappa shape index (κ1) is 27.5. The molecule has 3 N–H and O–H groups in total. The SMILES string of the molecule is Cn1cc(-c2ccc(N(C(=O)NCc3ccc(O)cc3)C3CCC(Nc4ccc(C#N)cn4)CC3)cc2)ccc1=O. The van der Waals surface area contributed by atoms with Crippen LogP contribution in [-0.4, -0.2) is 32.8 Å². The summed E-state index contributed by atoms with van der Waals surface area (Å²) in [6.45, 7) is 0.340. The molecule has 0 aliphatic heterocycles. The van der Waals surface area contributed by atoms with Crippen LogP contribution in [0.5, 0.6) is 5.75 Å². The fourth-order valence-electron chi connectivity index (χ4n) is 5.18. The molecule has 0 unspecified atom stereocenters. The lowest BCUT2D eigenvalue weighted by Crippen LogP contribution is -2.48. The Balaban J connectivity index is 1.32. The second-order valence-electron chi connectivity index (χ2n) is 10.3. The van der Waals surface area contributed by atoms with Gasteiger partial charge >= 0.3 is 6.03 Å². The summed E-state index contributed by atoms with van der Waals surface area (Å²) in [6.07, 6.45) is 6.71. The van der Waals surface area contributed by atoms with Crippen LogP contribution in [0.1, 0.15) is 36.8 Å². The molecular weight excluding hydrogens is 516 g/mol. The van der Waals surface area contributed by atoms with Crippen molar-refractivity contribution in [1.82, 2.24) is 14.9 Å². The summed E-state index contributed by atoms with van der Waals surface area (Å²) in [5.74, 6) is 0.923. The van der Waals surface area contributed by atoms with Gasteiger partial charge in [0, 0.05) is 49.8 Å². The number of aromatic hydroxyl groups is 1. The van der Waals surface area contributed by atoms with Crippen molar-refractivity contribution >= 4 is 17.5 Å². The van der Waals surface area contributed by atoms with Crippen molar-refractivity contribution in [2.75, 3.05) is 10.2 Å². The average Bonchev–Trinajstić information content (AvgIpc) is 3.00. The standard InChI is InChI=1S/C32H32N6O3/c1-37-21-25(7-17-31(37)40)24-5-10-27(11-6-24)38(32(41)35-19-22-2-14-29(39)15-3-22)28-12-8-26(9-13-28)36-30-16-4-23(18-33)20-34-30/h2-7,10-11,14-17,20-21,26,28,39H,8-9,12-13,19H2,1H3,(H,34,36)(H,35,41). The number of aromatic nitrogens is 2. The molecular formula is C32H32N6O3. The lowest BCUT2D eigenvalue weighted by atomic mass is 9.89.